The maximum Gasteiger partial charge on any atom is 1.00 e. The molecular weight excluding hydrogens is 310 g/mol. The van der Waals surface area contributed by atoms with Gasteiger partial charge >= 0.3 is 71.2 Å². The summed E-state index contributed by atoms with van der Waals surface area (Å²) >= 11 is 0. The van der Waals surface area contributed by atoms with E-state index in [4.69, 9.17) is 5.73 Å². The molecule has 21 heavy (non-hydrogen) atoms. The van der Waals surface area contributed by atoms with Gasteiger partial charge in [-0.25, -0.2) is 9.59 Å². The molecule has 1 heterocycles. The number of hydrogen-bond donors (Lipinski definition) is 4. The van der Waals surface area contributed by atoms with Crippen LogP contribution < -0.4 is 91.0 Å². The summed E-state index contributed by atoms with van der Waals surface area (Å²) in [5, 5.41) is 25.1. The number of hydrogen-bond acceptors (Lipinski definition) is 7. The zero-order valence-corrected chi connectivity index (χ0v) is 15.4. The minimum atomic E-state index is -1.37. The molecule has 106 valence electrons. The fraction of sp³-hybridized carbons (Fsp3) is 0.375. The molecule has 0 aromatic carbocycles. The van der Waals surface area contributed by atoms with Crippen molar-refractivity contribution in [3.8, 4) is 0 Å². The molecule has 1 saturated heterocycles. The monoisotopic (exact) mass is 320 g/mol. The number of primary amides is 1. The van der Waals surface area contributed by atoms with Gasteiger partial charge in [-0.3, -0.25) is 10.1 Å². The van der Waals surface area contributed by atoms with Gasteiger partial charge in [0.25, 0.3) is 5.91 Å². The molecule has 1 rings (SSSR count). The first-order valence-corrected chi connectivity index (χ1v) is 4.79. The van der Waals surface area contributed by atoms with Gasteiger partial charge in [0.05, 0.1) is 0 Å². The molecule has 11 nitrogen and oxygen atoms in total. The van der Waals surface area contributed by atoms with E-state index in [9.17, 15) is 34.2 Å². The Bertz CT molecular complexity index is 403. The van der Waals surface area contributed by atoms with E-state index < -0.39 is 48.9 Å². The molecule has 5 amide bonds. The van der Waals surface area contributed by atoms with Crippen LogP contribution in [-0.2, 0) is 14.4 Å². The van der Waals surface area contributed by atoms with Crippen molar-refractivity contribution in [2.24, 2.45) is 5.73 Å². The molecule has 1 unspecified atom stereocenters. The van der Waals surface area contributed by atoms with Crippen LogP contribution in [0, 0.1) is 0 Å². The van der Waals surface area contributed by atoms with Crippen LogP contribution in [0.25, 0.3) is 0 Å². The second-order valence-corrected chi connectivity index (χ2v) is 3.15. The second kappa shape index (κ2) is 12.9. The molecule has 1 aliphatic heterocycles. The van der Waals surface area contributed by atoms with E-state index in [-0.39, 0.29) is 59.1 Å². The van der Waals surface area contributed by atoms with Crippen molar-refractivity contribution in [3.05, 3.63) is 0 Å². The maximum atomic E-state index is 10.7. The van der Waals surface area contributed by atoms with Gasteiger partial charge in [0.2, 0.25) is 0 Å². The van der Waals surface area contributed by atoms with Gasteiger partial charge in [-0.05, 0) is 12.8 Å². The summed E-state index contributed by atoms with van der Waals surface area (Å²) in [5.74, 6) is -3.35. The fourth-order valence-corrected chi connectivity index (χ4v) is 0.865. The quantitative estimate of drug-likeness (QED) is 0.291. The Balaban J connectivity index is -0.000000295. The predicted octanol–water partition coefficient (Wildman–Crippen LogP) is -10.9. The molecule has 0 radical (unpaired) electrons. The first kappa shape index (κ1) is 25.1. The topological polar surface area (TPSA) is 194 Å². The predicted molar refractivity (Wildman–Crippen MR) is 52.4 cm³/mol. The summed E-state index contributed by atoms with van der Waals surface area (Å²) in [6, 6.07) is -1.51. The number of carboxylic acids is 2. The minimum absolute atomic E-state index is 0. The van der Waals surface area contributed by atoms with E-state index in [2.05, 4.69) is 5.32 Å². The van der Waals surface area contributed by atoms with E-state index in [0.717, 1.165) is 0 Å². The molecular formula is C8H10N4Na2O7. The molecule has 1 fully saturated rings. The van der Waals surface area contributed by atoms with E-state index in [0.29, 0.717) is 0 Å². The van der Waals surface area contributed by atoms with Crippen LogP contribution in [0.5, 0.6) is 0 Å². The van der Waals surface area contributed by atoms with Gasteiger partial charge in [0.1, 0.15) is 0 Å². The van der Waals surface area contributed by atoms with E-state index in [1.807, 2.05) is 10.6 Å². The van der Waals surface area contributed by atoms with Crippen molar-refractivity contribution in [1.29, 1.82) is 0 Å². The average molecular weight is 320 g/mol. The van der Waals surface area contributed by atoms with Crippen molar-refractivity contribution in [2.45, 2.75) is 19.0 Å². The molecule has 0 bridgehead atoms. The van der Waals surface area contributed by atoms with Crippen molar-refractivity contribution in [3.63, 3.8) is 0 Å². The number of carbonyl (C=O) groups excluding carboxylic acids is 5. The van der Waals surface area contributed by atoms with Crippen LogP contribution in [-0.4, -0.2) is 36.1 Å². The van der Waals surface area contributed by atoms with Crippen LogP contribution in [0.1, 0.15) is 12.8 Å². The third-order valence-electron chi connectivity index (χ3n) is 1.59. The van der Waals surface area contributed by atoms with Gasteiger partial charge < -0.3 is 36.2 Å². The molecule has 0 saturated carbocycles. The Hall–Kier alpha value is -0.850. The maximum absolute atomic E-state index is 10.7. The van der Waals surface area contributed by atoms with Gasteiger partial charge in [-0.15, -0.1) is 0 Å². The Kier molecular flexibility index (Phi) is 15.4. The molecule has 0 aliphatic carbocycles. The first-order valence-electron chi connectivity index (χ1n) is 4.79. The smallest absolute Gasteiger partial charge is 0.550 e. The van der Waals surface area contributed by atoms with Gasteiger partial charge in [0.15, 0.2) is 6.17 Å². The van der Waals surface area contributed by atoms with Crippen molar-refractivity contribution in [2.75, 3.05) is 0 Å². The molecule has 0 spiro atoms. The number of amides is 5. The number of rotatable bonds is 4. The van der Waals surface area contributed by atoms with Crippen LogP contribution in [0.2, 0.25) is 0 Å². The first-order chi connectivity index (χ1) is 8.72. The Morgan fingerprint density at radius 2 is 1.52 bits per heavy atom. The van der Waals surface area contributed by atoms with Crippen LogP contribution in [0.3, 0.4) is 0 Å². The summed E-state index contributed by atoms with van der Waals surface area (Å²) in [5.41, 5.74) is 4.70. The summed E-state index contributed by atoms with van der Waals surface area (Å²) in [7, 11) is 0. The van der Waals surface area contributed by atoms with Crippen molar-refractivity contribution < 1.29 is 93.3 Å². The van der Waals surface area contributed by atoms with Crippen molar-refractivity contribution in [1.82, 2.24) is 16.0 Å². The second-order valence-electron chi connectivity index (χ2n) is 3.15. The van der Waals surface area contributed by atoms with Crippen molar-refractivity contribution >= 4 is 29.9 Å². The number of carboxylic acid groups (broad SMARTS) is 2. The Morgan fingerprint density at radius 3 is 1.76 bits per heavy atom. The van der Waals surface area contributed by atoms with E-state index in [1.165, 1.54) is 0 Å². The van der Waals surface area contributed by atoms with Crippen LogP contribution >= 0.6 is 0 Å². The third-order valence-corrected chi connectivity index (χ3v) is 1.59. The number of nitrogens with one attached hydrogen (secondary N) is 3. The number of urea groups is 2. The standard InChI is InChI=1S/C4H6N4O3.C4H6O4.2Na/c5-3(10)6-1-2(9)8-4(11)7-1;5-3(6)1-2-4(7)8;;/h1H,(H3,5,6,10)(H2,7,8,9,11);1-2H2,(H,5,6)(H,7,8);;/q;;2*+1/p-2. The van der Waals surface area contributed by atoms with E-state index >= 15 is 0 Å². The number of carbonyl (C=O) groups is 5. The van der Waals surface area contributed by atoms with Gasteiger partial charge in [0, 0.05) is 11.9 Å². The SMILES string of the molecule is NC(=O)NC1NC(=O)NC1=O.O=C([O-])CCC(=O)[O-].[Na+].[Na+]. The minimum Gasteiger partial charge on any atom is -0.550 e. The molecule has 0 aromatic rings. The fourth-order valence-electron chi connectivity index (χ4n) is 0.865. The summed E-state index contributed by atoms with van der Waals surface area (Å²) in [4.78, 5) is 50.3. The number of nitrogens with two attached hydrogens (primary N) is 1. The van der Waals surface area contributed by atoms with Crippen LogP contribution in [0.15, 0.2) is 0 Å². The number of imide groups is 1. The molecule has 1 atom stereocenters. The van der Waals surface area contributed by atoms with Crippen LogP contribution in [0.4, 0.5) is 9.59 Å². The zero-order chi connectivity index (χ0) is 15.0. The van der Waals surface area contributed by atoms with Gasteiger partial charge in [-0.2, -0.15) is 0 Å². The summed E-state index contributed by atoms with van der Waals surface area (Å²) < 4.78 is 0. The molecule has 1 aliphatic rings. The molecule has 13 heteroatoms. The zero-order valence-electron chi connectivity index (χ0n) is 11.4. The Morgan fingerprint density at radius 1 is 1.10 bits per heavy atom. The average Bonchev–Trinajstić information content (AvgIpc) is 2.54. The third kappa shape index (κ3) is 13.9. The summed E-state index contributed by atoms with van der Waals surface area (Å²) in [6.07, 6.45) is -1.98. The summed E-state index contributed by atoms with van der Waals surface area (Å²) in [6.45, 7) is 0. The number of aliphatic carboxylic acids is 2. The largest absolute Gasteiger partial charge is 1.00 e. The molecule has 5 N–H and O–H groups in total. The van der Waals surface area contributed by atoms with E-state index in [1.54, 1.807) is 0 Å². The van der Waals surface area contributed by atoms with Gasteiger partial charge in [-0.1, -0.05) is 0 Å². The molecule has 0 aromatic heterocycles. The normalized spacial score (nSPS) is 15.0. The Labute approximate surface area is 163 Å².